The van der Waals surface area contributed by atoms with E-state index < -0.39 is 0 Å². The van der Waals surface area contributed by atoms with Gasteiger partial charge in [0.25, 0.3) is 0 Å². The van der Waals surface area contributed by atoms with Crippen LogP contribution >= 0.6 is 15.9 Å². The Morgan fingerprint density at radius 2 is 2.20 bits per heavy atom. The summed E-state index contributed by atoms with van der Waals surface area (Å²) < 4.78 is 10.4. The number of hydrogen-bond acceptors (Lipinski definition) is 3. The number of carbonyl (C=O) groups is 1. The maximum Gasteiger partial charge on any atom is 0.231 e. The second-order valence-corrected chi connectivity index (χ2v) is 4.37. The summed E-state index contributed by atoms with van der Waals surface area (Å²) in [6, 6.07) is 5.59. The molecular formula is C10H10BrNO3. The molecule has 0 aliphatic carbocycles. The van der Waals surface area contributed by atoms with Crippen LogP contribution in [0.15, 0.2) is 18.2 Å². The van der Waals surface area contributed by atoms with Crippen LogP contribution in [0.5, 0.6) is 11.5 Å². The summed E-state index contributed by atoms with van der Waals surface area (Å²) in [5.74, 6) is 1.09. The number of amides is 1. The van der Waals surface area contributed by atoms with Gasteiger partial charge in [-0.1, -0.05) is 22.0 Å². The Bertz CT molecular complexity index is 394. The molecule has 0 spiro atoms. The monoisotopic (exact) mass is 271 g/mol. The summed E-state index contributed by atoms with van der Waals surface area (Å²) in [7, 11) is 0. The Hall–Kier alpha value is -1.23. The molecule has 0 saturated carbocycles. The molecular weight excluding hydrogens is 262 g/mol. The fourth-order valence-corrected chi connectivity index (χ4v) is 1.75. The van der Waals surface area contributed by atoms with Gasteiger partial charge in [-0.05, 0) is 24.1 Å². The zero-order valence-electron chi connectivity index (χ0n) is 7.90. The Balaban J connectivity index is 2.13. The van der Waals surface area contributed by atoms with Crippen LogP contribution in [0.3, 0.4) is 0 Å². The average Bonchev–Trinajstić information content (AvgIpc) is 2.64. The van der Waals surface area contributed by atoms with E-state index in [0.717, 1.165) is 17.1 Å². The van der Waals surface area contributed by atoms with E-state index in [2.05, 4.69) is 15.9 Å². The number of rotatable bonds is 3. The Morgan fingerprint density at radius 1 is 1.47 bits per heavy atom. The summed E-state index contributed by atoms with van der Waals surface area (Å²) in [4.78, 5) is 10.5. The lowest BCUT2D eigenvalue weighted by atomic mass is 10.1. The number of primary amides is 1. The summed E-state index contributed by atoms with van der Waals surface area (Å²) in [6.45, 7) is 0.256. The average molecular weight is 272 g/mol. The zero-order chi connectivity index (χ0) is 10.8. The fraction of sp³-hybridized carbons (Fsp3) is 0.300. The Kier molecular flexibility index (Phi) is 2.81. The number of halogens is 1. The molecule has 2 N–H and O–H groups in total. The highest BCUT2D eigenvalue weighted by Crippen LogP contribution is 2.33. The van der Waals surface area contributed by atoms with E-state index in [9.17, 15) is 4.79 Å². The number of alkyl halides is 1. The first-order valence-corrected chi connectivity index (χ1v) is 5.40. The molecule has 0 bridgehead atoms. The van der Waals surface area contributed by atoms with Gasteiger partial charge in [-0.25, -0.2) is 0 Å². The van der Waals surface area contributed by atoms with Gasteiger partial charge in [0.05, 0.1) is 4.83 Å². The number of carbonyl (C=O) groups excluding carboxylic acids is 1. The van der Waals surface area contributed by atoms with E-state index in [1.807, 2.05) is 18.2 Å². The molecule has 0 radical (unpaired) electrons. The van der Waals surface area contributed by atoms with Gasteiger partial charge in [-0.3, -0.25) is 4.79 Å². The van der Waals surface area contributed by atoms with Gasteiger partial charge in [-0.2, -0.15) is 0 Å². The SMILES string of the molecule is NC(=O)C(Br)Cc1ccc2c(c1)OCO2. The molecule has 0 aromatic heterocycles. The first kappa shape index (κ1) is 10.3. The van der Waals surface area contributed by atoms with E-state index in [4.69, 9.17) is 15.2 Å². The van der Waals surface area contributed by atoms with Crippen molar-refractivity contribution in [2.75, 3.05) is 6.79 Å². The molecule has 1 amide bonds. The van der Waals surface area contributed by atoms with E-state index in [0.29, 0.717) is 6.42 Å². The van der Waals surface area contributed by atoms with Crippen LogP contribution in [-0.4, -0.2) is 17.5 Å². The van der Waals surface area contributed by atoms with Crippen LogP contribution in [0, 0.1) is 0 Å². The molecule has 1 aliphatic heterocycles. The standard InChI is InChI=1S/C10H10BrNO3/c11-7(10(12)13)3-6-1-2-8-9(4-6)15-5-14-8/h1-2,4,7H,3,5H2,(H2,12,13). The van der Waals surface area contributed by atoms with Crippen molar-refractivity contribution in [1.82, 2.24) is 0 Å². The molecule has 15 heavy (non-hydrogen) atoms. The van der Waals surface area contributed by atoms with Crippen molar-refractivity contribution in [3.63, 3.8) is 0 Å². The predicted molar refractivity (Wildman–Crippen MR) is 58.2 cm³/mol. The Morgan fingerprint density at radius 3 is 2.93 bits per heavy atom. The maximum atomic E-state index is 10.9. The van der Waals surface area contributed by atoms with Crippen molar-refractivity contribution < 1.29 is 14.3 Å². The van der Waals surface area contributed by atoms with Crippen LogP contribution in [0.2, 0.25) is 0 Å². The lowest BCUT2D eigenvalue weighted by molar-refractivity contribution is -0.117. The first-order chi connectivity index (χ1) is 7.16. The minimum Gasteiger partial charge on any atom is -0.454 e. The minimum absolute atomic E-state index is 0.256. The molecule has 0 fully saturated rings. The van der Waals surface area contributed by atoms with Crippen molar-refractivity contribution in [2.45, 2.75) is 11.2 Å². The molecule has 1 atom stereocenters. The predicted octanol–water partition coefficient (Wildman–Crippen LogP) is 1.21. The van der Waals surface area contributed by atoms with Gasteiger partial charge in [-0.15, -0.1) is 0 Å². The van der Waals surface area contributed by atoms with E-state index in [1.54, 1.807) is 0 Å². The second-order valence-electron chi connectivity index (χ2n) is 3.26. The largest absolute Gasteiger partial charge is 0.454 e. The molecule has 2 rings (SSSR count). The summed E-state index contributed by atoms with van der Waals surface area (Å²) in [6.07, 6.45) is 0.548. The molecule has 1 unspecified atom stereocenters. The zero-order valence-corrected chi connectivity index (χ0v) is 9.49. The number of hydrogen-bond donors (Lipinski definition) is 1. The molecule has 1 heterocycles. The highest BCUT2D eigenvalue weighted by atomic mass is 79.9. The lowest BCUT2D eigenvalue weighted by Crippen LogP contribution is -2.24. The van der Waals surface area contributed by atoms with Crippen LogP contribution in [0.4, 0.5) is 0 Å². The van der Waals surface area contributed by atoms with E-state index in [1.165, 1.54) is 0 Å². The van der Waals surface area contributed by atoms with E-state index >= 15 is 0 Å². The summed E-state index contributed by atoms with van der Waals surface area (Å²) >= 11 is 3.21. The van der Waals surface area contributed by atoms with Crippen molar-refractivity contribution in [2.24, 2.45) is 5.73 Å². The van der Waals surface area contributed by atoms with Gasteiger partial charge < -0.3 is 15.2 Å². The van der Waals surface area contributed by atoms with Gasteiger partial charge in [0.15, 0.2) is 11.5 Å². The number of fused-ring (bicyclic) bond motifs is 1. The van der Waals surface area contributed by atoms with Crippen LogP contribution in [-0.2, 0) is 11.2 Å². The normalized spacial score (nSPS) is 15.0. The molecule has 5 heteroatoms. The maximum absolute atomic E-state index is 10.9. The smallest absolute Gasteiger partial charge is 0.231 e. The van der Waals surface area contributed by atoms with Crippen molar-refractivity contribution in [1.29, 1.82) is 0 Å². The molecule has 1 aliphatic rings. The minimum atomic E-state index is -0.368. The summed E-state index contributed by atoms with van der Waals surface area (Å²) in [5.41, 5.74) is 6.14. The van der Waals surface area contributed by atoms with Crippen molar-refractivity contribution >= 4 is 21.8 Å². The molecule has 0 saturated heterocycles. The third-order valence-corrected chi connectivity index (χ3v) is 2.94. The second kappa shape index (κ2) is 4.10. The number of nitrogens with two attached hydrogens (primary N) is 1. The van der Waals surface area contributed by atoms with E-state index in [-0.39, 0.29) is 17.5 Å². The van der Waals surface area contributed by atoms with Gasteiger partial charge in [0.1, 0.15) is 0 Å². The topological polar surface area (TPSA) is 61.6 Å². The lowest BCUT2D eigenvalue weighted by Gasteiger charge is -2.06. The third-order valence-electron chi connectivity index (χ3n) is 2.16. The Labute approximate surface area is 95.5 Å². The number of benzene rings is 1. The van der Waals surface area contributed by atoms with Crippen molar-refractivity contribution in [3.05, 3.63) is 23.8 Å². The highest BCUT2D eigenvalue weighted by molar-refractivity contribution is 9.10. The molecule has 4 nitrogen and oxygen atoms in total. The number of ether oxygens (including phenoxy) is 2. The van der Waals surface area contributed by atoms with Gasteiger partial charge in [0.2, 0.25) is 12.7 Å². The highest BCUT2D eigenvalue weighted by Gasteiger charge is 2.16. The van der Waals surface area contributed by atoms with Gasteiger partial charge >= 0.3 is 0 Å². The van der Waals surface area contributed by atoms with Crippen LogP contribution in [0.1, 0.15) is 5.56 Å². The molecule has 1 aromatic rings. The molecule has 1 aromatic carbocycles. The van der Waals surface area contributed by atoms with Crippen molar-refractivity contribution in [3.8, 4) is 11.5 Å². The van der Waals surface area contributed by atoms with Crippen LogP contribution < -0.4 is 15.2 Å². The molecule has 80 valence electrons. The fourth-order valence-electron chi connectivity index (χ4n) is 1.38. The first-order valence-electron chi connectivity index (χ1n) is 4.49. The van der Waals surface area contributed by atoms with Crippen LogP contribution in [0.25, 0.3) is 0 Å². The quantitative estimate of drug-likeness (QED) is 0.841. The van der Waals surface area contributed by atoms with Gasteiger partial charge in [0, 0.05) is 0 Å². The summed E-state index contributed by atoms with van der Waals surface area (Å²) in [5, 5.41) is 0. The third kappa shape index (κ3) is 2.23.